The van der Waals surface area contributed by atoms with Gasteiger partial charge in [-0.15, -0.1) is 0 Å². The van der Waals surface area contributed by atoms with Crippen LogP contribution in [-0.2, 0) is 11.2 Å². The van der Waals surface area contributed by atoms with E-state index in [1.807, 2.05) is 0 Å². The smallest absolute Gasteiger partial charge is 0.224 e. The lowest BCUT2D eigenvalue weighted by atomic mass is 9.97. The van der Waals surface area contributed by atoms with Crippen LogP contribution in [0.5, 0.6) is 0 Å². The number of amides is 1. The molecule has 0 bridgehead atoms. The monoisotopic (exact) mass is 316 g/mol. The summed E-state index contributed by atoms with van der Waals surface area (Å²) in [6, 6.07) is 2.10. The molecule has 1 aliphatic heterocycles. The van der Waals surface area contributed by atoms with Gasteiger partial charge in [0, 0.05) is 32.0 Å². The predicted octanol–water partition coefficient (Wildman–Crippen LogP) is 2.11. The van der Waals surface area contributed by atoms with E-state index in [1.165, 1.54) is 5.56 Å². The molecule has 6 heteroatoms. The molecule has 2 aromatic heterocycles. The van der Waals surface area contributed by atoms with Gasteiger partial charge >= 0.3 is 0 Å². The number of piperidine rings is 1. The van der Waals surface area contributed by atoms with Crippen LogP contribution in [0, 0.1) is 5.92 Å². The van der Waals surface area contributed by atoms with Crippen molar-refractivity contribution in [2.45, 2.75) is 19.3 Å². The lowest BCUT2D eigenvalue weighted by molar-refractivity contribution is -0.125. The first-order valence-electron chi connectivity index (χ1n) is 7.62. The molecule has 0 saturated carbocycles. The van der Waals surface area contributed by atoms with E-state index in [-0.39, 0.29) is 11.8 Å². The van der Waals surface area contributed by atoms with Crippen molar-refractivity contribution in [2.75, 3.05) is 24.5 Å². The number of hydrogen-bond donors (Lipinski definition) is 1. The summed E-state index contributed by atoms with van der Waals surface area (Å²) in [5.41, 5.74) is 1.29. The second-order valence-electron chi connectivity index (χ2n) is 5.52. The fourth-order valence-corrected chi connectivity index (χ4v) is 3.47. The fraction of sp³-hybridized carbons (Fsp3) is 0.438. The lowest BCUT2D eigenvalue weighted by Crippen LogP contribution is -2.43. The SMILES string of the molecule is O=C(NCCc1ccsc1)[C@@H]1CCCN(c2cnccn2)C1. The maximum absolute atomic E-state index is 12.3. The van der Waals surface area contributed by atoms with Gasteiger partial charge in [0.15, 0.2) is 0 Å². The first-order chi connectivity index (χ1) is 10.8. The molecule has 1 N–H and O–H groups in total. The zero-order valence-electron chi connectivity index (χ0n) is 12.4. The molecule has 1 fully saturated rings. The average molecular weight is 316 g/mol. The molecule has 1 aliphatic rings. The van der Waals surface area contributed by atoms with Gasteiger partial charge in [-0.25, -0.2) is 4.98 Å². The van der Waals surface area contributed by atoms with Crippen LogP contribution in [0.15, 0.2) is 35.4 Å². The van der Waals surface area contributed by atoms with Crippen LogP contribution in [-0.4, -0.2) is 35.5 Å². The van der Waals surface area contributed by atoms with E-state index in [4.69, 9.17) is 0 Å². The maximum atomic E-state index is 12.3. The van der Waals surface area contributed by atoms with Crippen molar-refractivity contribution < 1.29 is 4.79 Å². The lowest BCUT2D eigenvalue weighted by Gasteiger charge is -2.32. The van der Waals surface area contributed by atoms with Crippen LogP contribution in [0.1, 0.15) is 18.4 Å². The van der Waals surface area contributed by atoms with E-state index in [1.54, 1.807) is 29.9 Å². The molecule has 0 spiro atoms. The summed E-state index contributed by atoms with van der Waals surface area (Å²) in [7, 11) is 0. The third kappa shape index (κ3) is 3.82. The third-order valence-corrected chi connectivity index (χ3v) is 4.69. The first-order valence-corrected chi connectivity index (χ1v) is 8.57. The third-order valence-electron chi connectivity index (χ3n) is 3.96. The summed E-state index contributed by atoms with van der Waals surface area (Å²) in [4.78, 5) is 22.9. The number of nitrogens with zero attached hydrogens (tertiary/aromatic N) is 3. The van der Waals surface area contributed by atoms with E-state index >= 15 is 0 Å². The van der Waals surface area contributed by atoms with Gasteiger partial charge in [0.25, 0.3) is 0 Å². The molecule has 22 heavy (non-hydrogen) atoms. The Balaban J connectivity index is 1.49. The van der Waals surface area contributed by atoms with Crippen molar-refractivity contribution in [3.05, 3.63) is 41.0 Å². The van der Waals surface area contributed by atoms with E-state index in [0.29, 0.717) is 6.54 Å². The molecule has 0 radical (unpaired) electrons. The van der Waals surface area contributed by atoms with Crippen molar-refractivity contribution in [3.63, 3.8) is 0 Å². The minimum Gasteiger partial charge on any atom is -0.355 e. The molecule has 3 heterocycles. The van der Waals surface area contributed by atoms with Gasteiger partial charge in [-0.1, -0.05) is 0 Å². The molecule has 5 nitrogen and oxygen atoms in total. The van der Waals surface area contributed by atoms with Crippen LogP contribution in [0.2, 0.25) is 0 Å². The molecule has 0 unspecified atom stereocenters. The first kappa shape index (κ1) is 15.0. The maximum Gasteiger partial charge on any atom is 0.224 e. The summed E-state index contributed by atoms with van der Waals surface area (Å²) >= 11 is 1.69. The highest BCUT2D eigenvalue weighted by Crippen LogP contribution is 2.20. The van der Waals surface area contributed by atoms with Gasteiger partial charge in [-0.05, 0) is 41.7 Å². The Kier molecular flexibility index (Phi) is 5.00. The number of thiophene rings is 1. The zero-order chi connectivity index (χ0) is 15.2. The Morgan fingerprint density at radius 1 is 1.45 bits per heavy atom. The van der Waals surface area contributed by atoms with Crippen molar-refractivity contribution >= 4 is 23.1 Å². The topological polar surface area (TPSA) is 58.1 Å². The molecule has 0 aromatic carbocycles. The van der Waals surface area contributed by atoms with Crippen LogP contribution >= 0.6 is 11.3 Å². The van der Waals surface area contributed by atoms with Crippen molar-refractivity contribution in [1.82, 2.24) is 15.3 Å². The number of rotatable bonds is 5. The van der Waals surface area contributed by atoms with Gasteiger partial charge < -0.3 is 10.2 Å². The molecule has 1 atom stereocenters. The van der Waals surface area contributed by atoms with Crippen LogP contribution in [0.25, 0.3) is 0 Å². The highest BCUT2D eigenvalue weighted by Gasteiger charge is 2.26. The standard InChI is InChI=1S/C16H20N4OS/c21-16(19-5-3-13-4-9-22-12-13)14-2-1-8-20(11-14)15-10-17-6-7-18-15/h4,6-7,9-10,12,14H,1-3,5,8,11H2,(H,19,21)/t14-/m1/s1. The Labute approximate surface area is 134 Å². The van der Waals surface area contributed by atoms with Crippen molar-refractivity contribution in [3.8, 4) is 0 Å². The molecule has 116 valence electrons. The van der Waals surface area contributed by atoms with Crippen LogP contribution in [0.3, 0.4) is 0 Å². The number of anilines is 1. The van der Waals surface area contributed by atoms with Crippen molar-refractivity contribution in [1.29, 1.82) is 0 Å². The van der Waals surface area contributed by atoms with Crippen molar-refractivity contribution in [2.24, 2.45) is 5.92 Å². The summed E-state index contributed by atoms with van der Waals surface area (Å²) in [6.07, 6.45) is 7.98. The number of hydrogen-bond acceptors (Lipinski definition) is 5. The normalized spacial score (nSPS) is 18.2. The molecule has 1 amide bonds. The Morgan fingerprint density at radius 2 is 2.41 bits per heavy atom. The number of aromatic nitrogens is 2. The molecule has 3 rings (SSSR count). The Hall–Kier alpha value is -1.95. The Morgan fingerprint density at radius 3 is 3.18 bits per heavy atom. The van der Waals surface area contributed by atoms with Gasteiger partial charge in [-0.2, -0.15) is 11.3 Å². The van der Waals surface area contributed by atoms with Crippen LogP contribution in [0.4, 0.5) is 5.82 Å². The number of carbonyl (C=O) groups is 1. The van der Waals surface area contributed by atoms with Gasteiger partial charge in [0.2, 0.25) is 5.91 Å². The van der Waals surface area contributed by atoms with E-state index in [0.717, 1.165) is 38.2 Å². The summed E-state index contributed by atoms with van der Waals surface area (Å²) in [5, 5.41) is 7.26. The Bertz CT molecular complexity index is 587. The number of carbonyl (C=O) groups excluding carboxylic acids is 1. The zero-order valence-corrected chi connectivity index (χ0v) is 13.3. The van der Waals surface area contributed by atoms with Gasteiger partial charge in [-0.3, -0.25) is 9.78 Å². The molecular weight excluding hydrogens is 296 g/mol. The molecular formula is C16H20N4OS. The summed E-state index contributed by atoms with van der Waals surface area (Å²) in [6.45, 7) is 2.37. The van der Waals surface area contributed by atoms with Crippen LogP contribution < -0.4 is 10.2 Å². The van der Waals surface area contributed by atoms with E-state index < -0.39 is 0 Å². The quantitative estimate of drug-likeness (QED) is 0.918. The fourth-order valence-electron chi connectivity index (χ4n) is 2.76. The molecule has 2 aromatic rings. The molecule has 1 saturated heterocycles. The predicted molar refractivity (Wildman–Crippen MR) is 88.0 cm³/mol. The summed E-state index contributed by atoms with van der Waals surface area (Å²) in [5.74, 6) is 1.06. The highest BCUT2D eigenvalue weighted by atomic mass is 32.1. The van der Waals surface area contributed by atoms with Gasteiger partial charge in [0.1, 0.15) is 5.82 Å². The molecule has 0 aliphatic carbocycles. The highest BCUT2D eigenvalue weighted by molar-refractivity contribution is 7.07. The van der Waals surface area contributed by atoms with Gasteiger partial charge in [0.05, 0.1) is 12.1 Å². The van der Waals surface area contributed by atoms with E-state index in [2.05, 4.69) is 37.0 Å². The largest absolute Gasteiger partial charge is 0.355 e. The average Bonchev–Trinajstić information content (AvgIpc) is 3.09. The summed E-state index contributed by atoms with van der Waals surface area (Å²) < 4.78 is 0. The minimum atomic E-state index is 0.0400. The minimum absolute atomic E-state index is 0.0400. The number of nitrogens with one attached hydrogen (secondary N) is 1. The van der Waals surface area contributed by atoms with E-state index in [9.17, 15) is 4.79 Å². The second kappa shape index (κ2) is 7.35. The second-order valence-corrected chi connectivity index (χ2v) is 6.30.